The molecule has 0 unspecified atom stereocenters. The lowest BCUT2D eigenvalue weighted by Gasteiger charge is -2.12. The summed E-state index contributed by atoms with van der Waals surface area (Å²) >= 11 is 5.99. The molecule has 156 valence electrons. The Morgan fingerprint density at radius 3 is 2.52 bits per heavy atom. The fraction of sp³-hybridized carbons (Fsp3) is 0.0455. The van der Waals surface area contributed by atoms with Gasteiger partial charge in [0.25, 0.3) is 0 Å². The van der Waals surface area contributed by atoms with Gasteiger partial charge in [-0.25, -0.2) is 14.8 Å². The Labute approximate surface area is 183 Å². The lowest BCUT2D eigenvalue weighted by atomic mass is 10.3. The van der Waals surface area contributed by atoms with Crippen molar-refractivity contribution < 1.29 is 14.3 Å². The third-order valence-corrected chi connectivity index (χ3v) is 4.48. The molecule has 0 saturated heterocycles. The summed E-state index contributed by atoms with van der Waals surface area (Å²) in [6.45, 7) is 0. The SMILES string of the molecule is COc1ccc(Cl)cc1NC(=O)Nc1ccc(Oc2cc(-n3cccc3)ncn2)cc1. The van der Waals surface area contributed by atoms with E-state index < -0.39 is 6.03 Å². The monoisotopic (exact) mass is 435 g/mol. The van der Waals surface area contributed by atoms with Gasteiger partial charge in [-0.15, -0.1) is 0 Å². The number of carbonyl (C=O) groups excluding carboxylic acids is 1. The third kappa shape index (κ3) is 5.12. The number of nitrogens with one attached hydrogen (secondary N) is 2. The van der Waals surface area contributed by atoms with Crippen LogP contribution < -0.4 is 20.1 Å². The molecule has 0 aliphatic rings. The molecule has 31 heavy (non-hydrogen) atoms. The number of halogens is 1. The van der Waals surface area contributed by atoms with Gasteiger partial charge < -0.3 is 24.7 Å². The molecule has 0 saturated carbocycles. The number of rotatable bonds is 6. The van der Waals surface area contributed by atoms with E-state index in [9.17, 15) is 4.79 Å². The smallest absolute Gasteiger partial charge is 0.323 e. The fourth-order valence-electron chi connectivity index (χ4n) is 2.80. The maximum atomic E-state index is 12.3. The maximum Gasteiger partial charge on any atom is 0.323 e. The Morgan fingerprint density at radius 1 is 1.00 bits per heavy atom. The largest absolute Gasteiger partial charge is 0.495 e. The van der Waals surface area contributed by atoms with Gasteiger partial charge in [-0.05, 0) is 54.6 Å². The zero-order valence-corrected chi connectivity index (χ0v) is 17.2. The van der Waals surface area contributed by atoms with E-state index in [1.54, 1.807) is 48.5 Å². The van der Waals surface area contributed by atoms with E-state index in [-0.39, 0.29) is 0 Å². The molecule has 9 heteroatoms. The Hall–Kier alpha value is -4.04. The third-order valence-electron chi connectivity index (χ3n) is 4.24. The normalized spacial score (nSPS) is 10.4. The molecule has 2 aromatic carbocycles. The molecule has 2 N–H and O–H groups in total. The van der Waals surface area contributed by atoms with Crippen molar-refractivity contribution >= 4 is 29.0 Å². The summed E-state index contributed by atoms with van der Waals surface area (Å²) in [5, 5.41) is 5.95. The van der Waals surface area contributed by atoms with Gasteiger partial charge in [-0.3, -0.25) is 0 Å². The average Bonchev–Trinajstić information content (AvgIpc) is 3.31. The predicted octanol–water partition coefficient (Wildman–Crippen LogP) is 5.37. The van der Waals surface area contributed by atoms with E-state index in [2.05, 4.69) is 20.6 Å². The highest BCUT2D eigenvalue weighted by Crippen LogP contribution is 2.28. The van der Waals surface area contributed by atoms with Gasteiger partial charge in [-0.2, -0.15) is 0 Å². The Morgan fingerprint density at radius 2 is 1.77 bits per heavy atom. The number of benzene rings is 2. The van der Waals surface area contributed by atoms with E-state index in [0.717, 1.165) is 0 Å². The number of amides is 2. The molecular formula is C22H18ClN5O3. The Kier molecular flexibility index (Phi) is 6.00. The molecule has 0 radical (unpaired) electrons. The Bertz CT molecular complexity index is 1180. The second-order valence-corrected chi connectivity index (χ2v) is 6.79. The van der Waals surface area contributed by atoms with Crippen LogP contribution in [0.25, 0.3) is 5.82 Å². The standard InChI is InChI=1S/C22H18ClN5O3/c1-30-19-9-4-15(23)12-18(19)27-22(29)26-16-5-7-17(8-6-16)31-21-13-20(24-14-25-21)28-10-2-3-11-28/h2-14H,1H3,(H2,26,27,29). The highest BCUT2D eigenvalue weighted by molar-refractivity contribution is 6.31. The first-order chi connectivity index (χ1) is 15.1. The van der Waals surface area contributed by atoms with E-state index in [4.69, 9.17) is 21.1 Å². The maximum absolute atomic E-state index is 12.3. The minimum atomic E-state index is -0.429. The number of hydrogen-bond acceptors (Lipinski definition) is 5. The molecule has 2 heterocycles. The van der Waals surface area contributed by atoms with Crippen LogP contribution in [0.15, 0.2) is 79.4 Å². The van der Waals surface area contributed by atoms with Crippen LogP contribution in [0.4, 0.5) is 16.2 Å². The van der Waals surface area contributed by atoms with Crippen molar-refractivity contribution in [3.63, 3.8) is 0 Å². The van der Waals surface area contributed by atoms with Crippen molar-refractivity contribution in [1.29, 1.82) is 0 Å². The summed E-state index contributed by atoms with van der Waals surface area (Å²) in [4.78, 5) is 20.7. The lowest BCUT2D eigenvalue weighted by molar-refractivity contribution is 0.262. The number of methoxy groups -OCH3 is 1. The molecule has 0 atom stereocenters. The topological polar surface area (TPSA) is 90.3 Å². The first kappa shape index (κ1) is 20.2. The lowest BCUT2D eigenvalue weighted by Crippen LogP contribution is -2.19. The van der Waals surface area contributed by atoms with E-state index in [1.807, 2.05) is 29.1 Å². The fourth-order valence-corrected chi connectivity index (χ4v) is 2.98. The number of anilines is 2. The highest BCUT2D eigenvalue weighted by atomic mass is 35.5. The van der Waals surface area contributed by atoms with Gasteiger partial charge in [-0.1, -0.05) is 11.6 Å². The van der Waals surface area contributed by atoms with Gasteiger partial charge in [0.1, 0.15) is 23.6 Å². The van der Waals surface area contributed by atoms with E-state index in [0.29, 0.717) is 39.6 Å². The molecule has 0 aliphatic carbocycles. The second kappa shape index (κ2) is 9.19. The van der Waals surface area contributed by atoms with Crippen LogP contribution in [0.5, 0.6) is 17.4 Å². The van der Waals surface area contributed by atoms with Crippen molar-refractivity contribution in [1.82, 2.24) is 14.5 Å². The zero-order valence-electron chi connectivity index (χ0n) is 16.4. The van der Waals surface area contributed by atoms with Crippen LogP contribution in [0.2, 0.25) is 5.02 Å². The molecule has 0 spiro atoms. The average molecular weight is 436 g/mol. The number of urea groups is 1. The Balaban J connectivity index is 1.39. The molecule has 2 aromatic heterocycles. The molecule has 0 aliphatic heterocycles. The molecule has 4 aromatic rings. The first-order valence-electron chi connectivity index (χ1n) is 9.25. The van der Waals surface area contributed by atoms with Crippen molar-refractivity contribution in [3.05, 3.63) is 84.4 Å². The summed E-state index contributed by atoms with van der Waals surface area (Å²) in [6.07, 6.45) is 5.21. The molecule has 4 rings (SSSR count). The number of hydrogen-bond donors (Lipinski definition) is 2. The summed E-state index contributed by atoms with van der Waals surface area (Å²) in [5.41, 5.74) is 1.05. The van der Waals surface area contributed by atoms with Crippen LogP contribution in [0.1, 0.15) is 0 Å². The van der Waals surface area contributed by atoms with Gasteiger partial charge in [0.05, 0.1) is 12.8 Å². The van der Waals surface area contributed by atoms with Crippen molar-refractivity contribution in [2.75, 3.05) is 17.7 Å². The molecular weight excluding hydrogens is 418 g/mol. The highest BCUT2D eigenvalue weighted by Gasteiger charge is 2.09. The van der Waals surface area contributed by atoms with Crippen molar-refractivity contribution in [2.24, 2.45) is 0 Å². The molecule has 2 amide bonds. The summed E-state index contributed by atoms with van der Waals surface area (Å²) in [7, 11) is 1.52. The predicted molar refractivity (Wildman–Crippen MR) is 119 cm³/mol. The van der Waals surface area contributed by atoms with Crippen LogP contribution in [-0.2, 0) is 0 Å². The van der Waals surface area contributed by atoms with Crippen LogP contribution in [0, 0.1) is 0 Å². The number of carbonyl (C=O) groups is 1. The first-order valence-corrected chi connectivity index (χ1v) is 9.63. The summed E-state index contributed by atoms with van der Waals surface area (Å²) < 4.78 is 12.9. The molecule has 0 bridgehead atoms. The van der Waals surface area contributed by atoms with Crippen LogP contribution in [-0.4, -0.2) is 27.7 Å². The van der Waals surface area contributed by atoms with Crippen molar-refractivity contribution in [3.8, 4) is 23.2 Å². The summed E-state index contributed by atoms with van der Waals surface area (Å²) in [6, 6.07) is 17.0. The van der Waals surface area contributed by atoms with Gasteiger partial charge in [0.15, 0.2) is 0 Å². The van der Waals surface area contributed by atoms with Gasteiger partial charge in [0.2, 0.25) is 5.88 Å². The second-order valence-electron chi connectivity index (χ2n) is 6.35. The van der Waals surface area contributed by atoms with Gasteiger partial charge in [0, 0.05) is 29.2 Å². The van der Waals surface area contributed by atoms with E-state index >= 15 is 0 Å². The van der Waals surface area contributed by atoms with Crippen molar-refractivity contribution in [2.45, 2.75) is 0 Å². The molecule has 8 nitrogen and oxygen atoms in total. The number of nitrogens with zero attached hydrogens (tertiary/aromatic N) is 3. The molecule has 0 fully saturated rings. The number of aromatic nitrogens is 3. The zero-order chi connectivity index (χ0) is 21.6. The minimum absolute atomic E-state index is 0.408. The minimum Gasteiger partial charge on any atom is -0.495 e. The van der Waals surface area contributed by atoms with Crippen LogP contribution >= 0.6 is 11.6 Å². The number of ether oxygens (including phenoxy) is 2. The van der Waals surface area contributed by atoms with Crippen LogP contribution in [0.3, 0.4) is 0 Å². The van der Waals surface area contributed by atoms with Gasteiger partial charge >= 0.3 is 6.03 Å². The van der Waals surface area contributed by atoms with E-state index in [1.165, 1.54) is 13.4 Å². The summed E-state index contributed by atoms with van der Waals surface area (Å²) in [5.74, 6) is 2.18. The quantitative estimate of drug-likeness (QED) is 0.425.